The molecule has 6 amide bonds. The van der Waals surface area contributed by atoms with Gasteiger partial charge in [-0.2, -0.15) is 0 Å². The van der Waals surface area contributed by atoms with Crippen molar-refractivity contribution in [2.75, 3.05) is 78.9 Å². The normalized spacial score (nSPS) is 22.8. The number of carbonyl (C=O) groups excluding carboxylic acids is 5. The van der Waals surface area contributed by atoms with Crippen LogP contribution in [-0.2, 0) is 24.6 Å². The number of imidazole rings is 1. The van der Waals surface area contributed by atoms with E-state index in [9.17, 15) is 19.2 Å². The van der Waals surface area contributed by atoms with E-state index in [0.29, 0.717) is 113 Å². The fourth-order valence-electron chi connectivity index (χ4n) is 13.2. The van der Waals surface area contributed by atoms with Crippen molar-refractivity contribution in [1.82, 2.24) is 39.5 Å². The average Bonchev–Trinajstić information content (AvgIpc) is 3.96. The Kier molecular flexibility index (Phi) is 13.0. The second-order valence-electron chi connectivity index (χ2n) is 22.3. The van der Waals surface area contributed by atoms with Gasteiger partial charge < -0.3 is 34.4 Å². The van der Waals surface area contributed by atoms with Crippen LogP contribution in [0.15, 0.2) is 73.2 Å². The number of aromatic nitrogens is 4. The van der Waals surface area contributed by atoms with E-state index < -0.39 is 11.4 Å². The minimum atomic E-state index is -0.745. The summed E-state index contributed by atoms with van der Waals surface area (Å²) in [6.07, 6.45) is 13.0. The third-order valence-electron chi connectivity index (χ3n) is 17.6. The summed E-state index contributed by atoms with van der Waals surface area (Å²) in [7, 11) is 0. The Morgan fingerprint density at radius 3 is 2.16 bits per heavy atom. The Labute approximate surface area is 436 Å². The predicted octanol–water partition coefficient (Wildman–Crippen LogP) is 7.78. The van der Waals surface area contributed by atoms with Gasteiger partial charge in [0.05, 0.1) is 40.5 Å². The van der Waals surface area contributed by atoms with Gasteiger partial charge in [0.2, 0.25) is 23.6 Å². The molecule has 12 rings (SSSR count). The Morgan fingerprint density at radius 1 is 0.773 bits per heavy atom. The maximum absolute atomic E-state index is 15.3. The molecule has 6 fully saturated rings. The molecule has 7 aliphatic rings. The highest BCUT2D eigenvalue weighted by molar-refractivity contribution is 6.10. The van der Waals surface area contributed by atoms with Crippen LogP contribution in [0.5, 0.6) is 0 Å². The molecule has 6 aliphatic heterocycles. The third-order valence-corrected chi connectivity index (χ3v) is 17.6. The summed E-state index contributed by atoms with van der Waals surface area (Å²) in [4.78, 5) is 94.3. The number of rotatable bonds is 10. The SMILES string of the molecule is CC(C)n1cnc2cc(-c3ccc4c(c3)N([C@H]3C[C@@H](N5CCCCC5)C3)C(=O)C43CCN(C(=O)C4CCN(C(=O)C5CCN(c6ccc(N7CCC(=O)NC7=O)cn6)CC5)CC4)CC3)nc(Nc3ccccc3F)c21. The number of carbonyl (C=O) groups is 5. The lowest BCUT2D eigenvalue weighted by Gasteiger charge is -2.48. The average molecular weight is 1020 g/mol. The molecular weight excluding hydrogens is 952 g/mol. The molecule has 2 N–H and O–H groups in total. The number of anilines is 5. The lowest BCUT2D eigenvalue weighted by molar-refractivity contribution is -0.144. The zero-order valence-electron chi connectivity index (χ0n) is 43.1. The van der Waals surface area contributed by atoms with E-state index in [1.165, 1.54) is 30.2 Å². The second kappa shape index (κ2) is 20.0. The van der Waals surface area contributed by atoms with E-state index in [1.807, 2.05) is 32.6 Å². The molecule has 0 unspecified atom stereocenters. The summed E-state index contributed by atoms with van der Waals surface area (Å²) in [6, 6.07) is 18.8. The number of pyridine rings is 2. The number of urea groups is 1. The third kappa shape index (κ3) is 9.05. The van der Waals surface area contributed by atoms with Gasteiger partial charge in [-0.15, -0.1) is 0 Å². The van der Waals surface area contributed by atoms with Gasteiger partial charge in [0, 0.05) is 93.4 Å². The number of piperidine rings is 4. The fraction of sp³-hybridized carbons (Fsp3) is 0.509. The van der Waals surface area contributed by atoms with Gasteiger partial charge in [0.25, 0.3) is 0 Å². The van der Waals surface area contributed by atoms with Crippen LogP contribution in [0.3, 0.4) is 0 Å². The van der Waals surface area contributed by atoms with Crippen molar-refractivity contribution >= 4 is 69.4 Å². The number of hydrogen-bond donors (Lipinski definition) is 2. The first kappa shape index (κ1) is 49.0. The number of fused-ring (bicyclic) bond motifs is 3. The number of para-hydroxylation sites is 1. The largest absolute Gasteiger partial charge is 0.357 e. The number of likely N-dealkylation sites (tertiary alicyclic amines) is 3. The van der Waals surface area contributed by atoms with Gasteiger partial charge in [-0.3, -0.25) is 29.4 Å². The number of benzene rings is 2. The number of nitrogens with one attached hydrogen (secondary N) is 2. The smallest absolute Gasteiger partial charge is 0.328 e. The zero-order chi connectivity index (χ0) is 51.5. The number of hydrogen-bond acceptors (Lipinski definition) is 11. The van der Waals surface area contributed by atoms with Gasteiger partial charge in [-0.1, -0.05) is 30.7 Å². The molecule has 75 heavy (non-hydrogen) atoms. The Balaban J connectivity index is 0.712. The lowest BCUT2D eigenvalue weighted by atomic mass is 9.73. The maximum Gasteiger partial charge on any atom is 0.328 e. The quantitative estimate of drug-likeness (QED) is 0.140. The van der Waals surface area contributed by atoms with E-state index in [1.54, 1.807) is 30.7 Å². The van der Waals surface area contributed by atoms with Gasteiger partial charge in [0.15, 0.2) is 5.82 Å². The highest BCUT2D eigenvalue weighted by Gasteiger charge is 2.56. The van der Waals surface area contributed by atoms with Gasteiger partial charge >= 0.3 is 6.03 Å². The Hall–Kier alpha value is -6.95. The highest BCUT2D eigenvalue weighted by Crippen LogP contribution is 2.52. The number of amides is 6. The molecule has 3 aromatic heterocycles. The Bertz CT molecular complexity index is 3020. The van der Waals surface area contributed by atoms with Crippen molar-refractivity contribution in [3.63, 3.8) is 0 Å². The number of imide groups is 1. The van der Waals surface area contributed by atoms with Gasteiger partial charge in [0.1, 0.15) is 17.2 Å². The second-order valence-corrected chi connectivity index (χ2v) is 22.3. The minimum absolute atomic E-state index is 0.0785. The molecule has 1 aliphatic carbocycles. The summed E-state index contributed by atoms with van der Waals surface area (Å²) in [5, 5.41) is 5.63. The fourth-order valence-corrected chi connectivity index (χ4v) is 13.2. The zero-order valence-corrected chi connectivity index (χ0v) is 43.1. The predicted molar refractivity (Wildman–Crippen MR) is 284 cm³/mol. The molecule has 18 heteroatoms. The van der Waals surface area contributed by atoms with Crippen LogP contribution >= 0.6 is 0 Å². The molecule has 1 saturated carbocycles. The molecular formula is C57H67FN12O5. The van der Waals surface area contributed by atoms with Gasteiger partial charge in [-0.05, 0) is 133 Å². The van der Waals surface area contributed by atoms with E-state index in [0.717, 1.165) is 59.6 Å². The number of halogens is 1. The molecule has 1 spiro atoms. The molecule has 0 bridgehead atoms. The van der Waals surface area contributed by atoms with Crippen LogP contribution in [0.25, 0.3) is 22.3 Å². The monoisotopic (exact) mass is 1020 g/mol. The standard InChI is InChI=1S/C57H67FN12O5/c1-36(2)69-35-60-47-33-46(62-52(51(47)69)61-45-9-5-4-8-44(45)58)39-10-12-43-48(30-39)70(42-31-41(32-42)64-21-6-3-7-22-64)55(74)57(43)19-28-67(29-20-57)54(73)38-16-25-66(26-17-38)53(72)37-14-23-65(24-15-37)49-13-11-40(34-59-49)68-27-18-50(71)63-56(68)75/h4-5,8-13,30,33-38,41-42H,3,6-7,14-29,31-32H2,1-2H3,(H,61,62)(H,63,71,75)/t41-,42+. The van der Waals surface area contributed by atoms with E-state index in [-0.39, 0.29) is 59.8 Å². The molecule has 392 valence electrons. The van der Waals surface area contributed by atoms with Gasteiger partial charge in [-0.25, -0.2) is 24.1 Å². The summed E-state index contributed by atoms with van der Waals surface area (Å²) < 4.78 is 17.2. The summed E-state index contributed by atoms with van der Waals surface area (Å²) in [5.74, 6) is 0.803. The van der Waals surface area contributed by atoms with Crippen LogP contribution in [0.2, 0.25) is 0 Å². The van der Waals surface area contributed by atoms with Crippen LogP contribution < -0.4 is 25.3 Å². The lowest BCUT2D eigenvalue weighted by Crippen LogP contribution is -2.58. The van der Waals surface area contributed by atoms with Crippen LogP contribution in [-0.4, -0.2) is 135 Å². The van der Waals surface area contributed by atoms with Crippen molar-refractivity contribution in [3.8, 4) is 11.3 Å². The van der Waals surface area contributed by atoms with Crippen LogP contribution in [0, 0.1) is 17.7 Å². The summed E-state index contributed by atoms with van der Waals surface area (Å²) >= 11 is 0. The van der Waals surface area contributed by atoms with Crippen LogP contribution in [0.1, 0.15) is 103 Å². The Morgan fingerprint density at radius 2 is 1.48 bits per heavy atom. The molecule has 0 radical (unpaired) electrons. The molecule has 9 heterocycles. The summed E-state index contributed by atoms with van der Waals surface area (Å²) in [6.45, 7) is 10.2. The molecule has 5 aromatic rings. The van der Waals surface area contributed by atoms with E-state index in [4.69, 9.17) is 9.97 Å². The molecule has 5 saturated heterocycles. The number of nitrogens with zero attached hydrogens (tertiary/aromatic N) is 10. The highest BCUT2D eigenvalue weighted by atomic mass is 19.1. The van der Waals surface area contributed by atoms with Crippen molar-refractivity contribution in [1.29, 1.82) is 0 Å². The van der Waals surface area contributed by atoms with Crippen molar-refractivity contribution in [2.24, 2.45) is 11.8 Å². The maximum atomic E-state index is 15.3. The first-order valence-electron chi connectivity index (χ1n) is 27.4. The first-order valence-corrected chi connectivity index (χ1v) is 27.4. The van der Waals surface area contributed by atoms with Crippen LogP contribution in [0.4, 0.5) is 37.9 Å². The molecule has 17 nitrogen and oxygen atoms in total. The van der Waals surface area contributed by atoms with Crippen molar-refractivity contribution in [3.05, 3.63) is 84.6 Å². The summed E-state index contributed by atoms with van der Waals surface area (Å²) in [5.41, 5.74) is 5.20. The van der Waals surface area contributed by atoms with Crippen molar-refractivity contribution in [2.45, 2.75) is 114 Å². The minimum Gasteiger partial charge on any atom is -0.357 e. The molecule has 2 aromatic carbocycles. The topological polar surface area (TPSA) is 172 Å². The van der Waals surface area contributed by atoms with Crippen molar-refractivity contribution < 1.29 is 28.4 Å². The van der Waals surface area contributed by atoms with E-state index >= 15 is 9.18 Å². The first-order chi connectivity index (χ1) is 36.4. The van der Waals surface area contributed by atoms with E-state index in [2.05, 4.69) is 62.4 Å². The molecule has 0 atom stereocenters.